The molecule has 1 N–H and O–H groups in total. The second-order valence-electron chi connectivity index (χ2n) is 7.39. The summed E-state index contributed by atoms with van der Waals surface area (Å²) in [5.41, 5.74) is 1.19. The minimum Gasteiger partial charge on any atom is -0.340 e. The number of carbonyl (C=O) groups excluding carboxylic acids is 1. The van der Waals surface area contributed by atoms with Gasteiger partial charge in [-0.25, -0.2) is 0 Å². The van der Waals surface area contributed by atoms with Gasteiger partial charge >= 0.3 is 0 Å². The van der Waals surface area contributed by atoms with E-state index in [2.05, 4.69) is 31.9 Å². The molecule has 134 valence electrons. The number of rotatable bonds is 6. The average Bonchev–Trinajstić information content (AvgIpc) is 3.11. The number of hydrogen-bond acceptors (Lipinski definition) is 4. The van der Waals surface area contributed by atoms with Crippen LogP contribution in [0.4, 0.5) is 0 Å². The normalized spacial score (nSPS) is 21.3. The van der Waals surface area contributed by atoms with E-state index in [1.165, 1.54) is 38.0 Å². The van der Waals surface area contributed by atoms with Crippen molar-refractivity contribution >= 4 is 5.91 Å². The van der Waals surface area contributed by atoms with Crippen LogP contribution in [0.2, 0.25) is 0 Å². The Labute approximate surface area is 145 Å². The van der Waals surface area contributed by atoms with Crippen LogP contribution in [-0.2, 0) is 11.2 Å². The van der Waals surface area contributed by atoms with Gasteiger partial charge in [0.2, 0.25) is 5.91 Å². The van der Waals surface area contributed by atoms with E-state index in [1.54, 1.807) is 0 Å². The van der Waals surface area contributed by atoms with E-state index in [4.69, 9.17) is 0 Å². The number of amides is 1. The Morgan fingerprint density at radius 3 is 2.62 bits per heavy atom. The van der Waals surface area contributed by atoms with E-state index in [9.17, 15) is 4.79 Å². The first-order valence-corrected chi connectivity index (χ1v) is 9.37. The molecule has 1 aromatic heterocycles. The molecule has 6 nitrogen and oxygen atoms in total. The van der Waals surface area contributed by atoms with Crippen LogP contribution in [0.3, 0.4) is 0 Å². The van der Waals surface area contributed by atoms with Crippen molar-refractivity contribution in [3.8, 4) is 0 Å². The highest BCUT2D eigenvalue weighted by Crippen LogP contribution is 2.18. The molecule has 0 bridgehead atoms. The molecule has 0 radical (unpaired) electrons. The molecule has 2 fully saturated rings. The lowest BCUT2D eigenvalue weighted by molar-refractivity contribution is -0.133. The third-order valence-corrected chi connectivity index (χ3v) is 5.49. The Morgan fingerprint density at radius 1 is 1.21 bits per heavy atom. The van der Waals surface area contributed by atoms with E-state index in [-0.39, 0.29) is 0 Å². The maximum Gasteiger partial charge on any atom is 0.222 e. The highest BCUT2D eigenvalue weighted by molar-refractivity contribution is 5.76. The fraction of sp³-hybridized carbons (Fsp3) is 0.778. The molecule has 3 heterocycles. The molecule has 2 aliphatic rings. The van der Waals surface area contributed by atoms with Crippen LogP contribution in [0, 0.1) is 5.92 Å². The second-order valence-corrected chi connectivity index (χ2v) is 7.39. The highest BCUT2D eigenvalue weighted by atomic mass is 16.2. The number of nitrogens with one attached hydrogen (secondary N) is 1. The Hall–Kier alpha value is -1.40. The second kappa shape index (κ2) is 8.62. The van der Waals surface area contributed by atoms with Gasteiger partial charge in [-0.3, -0.25) is 14.8 Å². The number of piperidine rings is 1. The first-order valence-electron chi connectivity index (χ1n) is 9.37. The number of carbonyl (C=O) groups is 1. The number of aryl methyl sites for hydroxylation is 1. The molecule has 0 unspecified atom stereocenters. The monoisotopic (exact) mass is 333 g/mol. The summed E-state index contributed by atoms with van der Waals surface area (Å²) in [4.78, 5) is 19.4. The topological polar surface area (TPSA) is 55.5 Å². The molecule has 0 aliphatic carbocycles. The lowest BCUT2D eigenvalue weighted by atomic mass is 9.96. The zero-order valence-electron chi connectivity index (χ0n) is 14.9. The quantitative estimate of drug-likeness (QED) is 0.850. The van der Waals surface area contributed by atoms with E-state index in [0.717, 1.165) is 44.9 Å². The fourth-order valence-electron chi connectivity index (χ4n) is 3.81. The summed E-state index contributed by atoms with van der Waals surface area (Å²) >= 11 is 0. The summed E-state index contributed by atoms with van der Waals surface area (Å²) in [5.74, 6) is 1.16. The third-order valence-electron chi connectivity index (χ3n) is 5.49. The molecule has 1 aromatic rings. The van der Waals surface area contributed by atoms with Gasteiger partial charge in [-0.2, -0.15) is 5.10 Å². The zero-order chi connectivity index (χ0) is 16.8. The lowest BCUT2D eigenvalue weighted by Gasteiger charge is -2.38. The summed E-state index contributed by atoms with van der Waals surface area (Å²) in [6, 6.07) is 0. The zero-order valence-corrected chi connectivity index (χ0v) is 14.9. The van der Waals surface area contributed by atoms with Crippen LogP contribution in [0.15, 0.2) is 12.4 Å². The van der Waals surface area contributed by atoms with Crippen LogP contribution >= 0.6 is 0 Å². The van der Waals surface area contributed by atoms with E-state index in [1.807, 2.05) is 12.4 Å². The Morgan fingerprint density at radius 2 is 1.96 bits per heavy atom. The summed E-state index contributed by atoms with van der Waals surface area (Å²) < 4.78 is 0. The van der Waals surface area contributed by atoms with Gasteiger partial charge in [-0.05, 0) is 57.3 Å². The van der Waals surface area contributed by atoms with E-state index >= 15 is 0 Å². The lowest BCUT2D eigenvalue weighted by Crippen LogP contribution is -2.50. The summed E-state index contributed by atoms with van der Waals surface area (Å²) in [6.45, 7) is 7.57. The van der Waals surface area contributed by atoms with Gasteiger partial charge in [0.25, 0.3) is 0 Å². The molecule has 2 saturated heterocycles. The van der Waals surface area contributed by atoms with Crippen molar-refractivity contribution in [2.24, 2.45) is 5.92 Å². The predicted molar refractivity (Wildman–Crippen MR) is 94.8 cm³/mol. The first kappa shape index (κ1) is 17.4. The number of nitrogens with zero attached hydrogens (tertiary/aromatic N) is 4. The van der Waals surface area contributed by atoms with Crippen molar-refractivity contribution in [3.63, 3.8) is 0 Å². The van der Waals surface area contributed by atoms with Gasteiger partial charge < -0.3 is 9.80 Å². The minimum atomic E-state index is 0.317. The molecule has 0 atom stereocenters. The van der Waals surface area contributed by atoms with Crippen molar-refractivity contribution < 1.29 is 4.79 Å². The Kier molecular flexibility index (Phi) is 6.26. The largest absolute Gasteiger partial charge is 0.340 e. The maximum absolute atomic E-state index is 12.3. The van der Waals surface area contributed by atoms with Crippen molar-refractivity contribution in [2.75, 3.05) is 52.9 Å². The molecular weight excluding hydrogens is 302 g/mol. The number of aromatic nitrogens is 2. The molecule has 6 heteroatoms. The van der Waals surface area contributed by atoms with Gasteiger partial charge in [0.1, 0.15) is 0 Å². The Bertz CT molecular complexity index is 488. The van der Waals surface area contributed by atoms with Crippen molar-refractivity contribution in [2.45, 2.75) is 32.1 Å². The molecule has 2 aliphatic heterocycles. The smallest absolute Gasteiger partial charge is 0.222 e. The molecule has 1 amide bonds. The SMILES string of the molecule is CN1CCC(CN2CCN(C(=O)CCCc3cn[nH]c3)CC2)CC1. The third kappa shape index (κ3) is 5.05. The molecule has 3 rings (SSSR count). The average molecular weight is 333 g/mol. The number of piperazine rings is 1. The van der Waals surface area contributed by atoms with Gasteiger partial charge in [-0.1, -0.05) is 0 Å². The molecule has 0 saturated carbocycles. The van der Waals surface area contributed by atoms with Crippen LogP contribution in [-0.4, -0.2) is 83.7 Å². The van der Waals surface area contributed by atoms with Gasteiger partial charge in [0.15, 0.2) is 0 Å². The minimum absolute atomic E-state index is 0.317. The standard InChI is InChI=1S/C18H31N5O/c1-21-7-5-16(6-8-21)15-22-9-11-23(12-10-22)18(24)4-2-3-17-13-19-20-14-17/h13-14,16H,2-12,15H2,1H3,(H,19,20). The molecule has 0 spiro atoms. The van der Waals surface area contributed by atoms with Gasteiger partial charge in [-0.15, -0.1) is 0 Å². The Balaban J connectivity index is 1.31. The number of aromatic amines is 1. The van der Waals surface area contributed by atoms with Crippen molar-refractivity contribution in [1.82, 2.24) is 24.9 Å². The van der Waals surface area contributed by atoms with E-state index < -0.39 is 0 Å². The van der Waals surface area contributed by atoms with E-state index in [0.29, 0.717) is 12.3 Å². The first-order chi connectivity index (χ1) is 11.7. The molecule has 24 heavy (non-hydrogen) atoms. The fourth-order valence-corrected chi connectivity index (χ4v) is 3.81. The maximum atomic E-state index is 12.3. The van der Waals surface area contributed by atoms with Crippen LogP contribution in [0.1, 0.15) is 31.2 Å². The number of hydrogen-bond donors (Lipinski definition) is 1. The van der Waals surface area contributed by atoms with Crippen LogP contribution in [0.25, 0.3) is 0 Å². The molecule has 0 aromatic carbocycles. The van der Waals surface area contributed by atoms with Gasteiger partial charge in [0.05, 0.1) is 6.20 Å². The van der Waals surface area contributed by atoms with Gasteiger partial charge in [0, 0.05) is 45.3 Å². The number of likely N-dealkylation sites (tertiary alicyclic amines) is 1. The summed E-state index contributed by atoms with van der Waals surface area (Å²) in [6.07, 6.45) is 8.89. The molecular formula is C18H31N5O. The number of H-pyrrole nitrogens is 1. The van der Waals surface area contributed by atoms with Crippen molar-refractivity contribution in [1.29, 1.82) is 0 Å². The van der Waals surface area contributed by atoms with Crippen molar-refractivity contribution in [3.05, 3.63) is 18.0 Å². The predicted octanol–water partition coefficient (Wildman–Crippen LogP) is 1.22. The summed E-state index contributed by atoms with van der Waals surface area (Å²) in [7, 11) is 2.22. The van der Waals surface area contributed by atoms with Crippen LogP contribution < -0.4 is 0 Å². The summed E-state index contributed by atoms with van der Waals surface area (Å²) in [5, 5.41) is 6.76. The van der Waals surface area contributed by atoms with Crippen LogP contribution in [0.5, 0.6) is 0 Å². The highest BCUT2D eigenvalue weighted by Gasteiger charge is 2.24.